The van der Waals surface area contributed by atoms with Crippen molar-refractivity contribution in [3.05, 3.63) is 28.8 Å². The number of rotatable bonds is 2. The van der Waals surface area contributed by atoms with Crippen LogP contribution in [0.4, 0.5) is 0 Å². The molecule has 3 rings (SSSR count). The van der Waals surface area contributed by atoms with Crippen molar-refractivity contribution in [2.45, 2.75) is 44.4 Å². The van der Waals surface area contributed by atoms with E-state index >= 15 is 0 Å². The van der Waals surface area contributed by atoms with E-state index in [-0.39, 0.29) is 5.41 Å². The predicted molar refractivity (Wildman–Crippen MR) is 66.6 cm³/mol. The number of carbonyl (C=O) groups excluding carboxylic acids is 1. The molecule has 1 aromatic rings. The van der Waals surface area contributed by atoms with Gasteiger partial charge in [-0.3, -0.25) is 4.79 Å². The van der Waals surface area contributed by atoms with Gasteiger partial charge in [-0.25, -0.2) is 0 Å². The fourth-order valence-corrected chi connectivity index (χ4v) is 3.68. The lowest BCUT2D eigenvalue weighted by Crippen LogP contribution is -2.34. The van der Waals surface area contributed by atoms with Crippen molar-refractivity contribution in [1.82, 2.24) is 0 Å². The summed E-state index contributed by atoms with van der Waals surface area (Å²) in [5.74, 6) is 1.32. The quantitative estimate of drug-likeness (QED) is 0.781. The van der Waals surface area contributed by atoms with Crippen LogP contribution in [0.15, 0.2) is 12.1 Å². The Morgan fingerprint density at radius 3 is 2.82 bits per heavy atom. The SMILES string of the molecule is CCC12CCCc3cc(OC)cc(c31)CC2=O. The van der Waals surface area contributed by atoms with Crippen LogP contribution >= 0.6 is 0 Å². The molecule has 0 aromatic heterocycles. The first-order chi connectivity index (χ1) is 8.21. The summed E-state index contributed by atoms with van der Waals surface area (Å²) >= 11 is 0. The number of carbonyl (C=O) groups is 1. The van der Waals surface area contributed by atoms with Gasteiger partial charge in [-0.1, -0.05) is 6.92 Å². The summed E-state index contributed by atoms with van der Waals surface area (Å²) in [5, 5.41) is 0. The molecule has 0 saturated heterocycles. The maximum absolute atomic E-state index is 12.4. The Balaban J connectivity index is 2.25. The van der Waals surface area contributed by atoms with Gasteiger partial charge in [0.05, 0.1) is 12.5 Å². The molecule has 0 amide bonds. The van der Waals surface area contributed by atoms with E-state index in [1.807, 2.05) is 0 Å². The molecule has 2 heteroatoms. The first-order valence-corrected chi connectivity index (χ1v) is 6.45. The fourth-order valence-electron chi connectivity index (χ4n) is 3.68. The summed E-state index contributed by atoms with van der Waals surface area (Å²) in [5.41, 5.74) is 3.75. The minimum atomic E-state index is -0.158. The molecule has 0 aliphatic heterocycles. The second kappa shape index (κ2) is 3.59. The van der Waals surface area contributed by atoms with E-state index in [4.69, 9.17) is 4.74 Å². The van der Waals surface area contributed by atoms with Crippen molar-refractivity contribution in [2.24, 2.45) is 0 Å². The third-order valence-corrected chi connectivity index (χ3v) is 4.53. The Labute approximate surface area is 102 Å². The maximum Gasteiger partial charge on any atom is 0.147 e. The van der Waals surface area contributed by atoms with E-state index in [1.165, 1.54) is 16.7 Å². The van der Waals surface area contributed by atoms with Crippen LogP contribution in [0, 0.1) is 0 Å². The lowest BCUT2D eigenvalue weighted by molar-refractivity contribution is -0.123. The molecule has 0 radical (unpaired) electrons. The van der Waals surface area contributed by atoms with E-state index in [9.17, 15) is 4.79 Å². The van der Waals surface area contributed by atoms with Crippen LogP contribution in [0.2, 0.25) is 0 Å². The summed E-state index contributed by atoms with van der Waals surface area (Å²) in [4.78, 5) is 12.4. The van der Waals surface area contributed by atoms with Crippen molar-refractivity contribution in [3.63, 3.8) is 0 Å². The van der Waals surface area contributed by atoms with E-state index in [0.29, 0.717) is 12.2 Å². The topological polar surface area (TPSA) is 26.3 Å². The smallest absolute Gasteiger partial charge is 0.147 e. The third-order valence-electron chi connectivity index (χ3n) is 4.53. The lowest BCUT2D eigenvalue weighted by atomic mass is 9.69. The van der Waals surface area contributed by atoms with Crippen molar-refractivity contribution in [1.29, 1.82) is 0 Å². The van der Waals surface area contributed by atoms with E-state index < -0.39 is 0 Å². The molecule has 0 N–H and O–H groups in total. The van der Waals surface area contributed by atoms with Crippen LogP contribution in [0.3, 0.4) is 0 Å². The summed E-state index contributed by atoms with van der Waals surface area (Å²) in [6.45, 7) is 2.15. The van der Waals surface area contributed by atoms with Gasteiger partial charge in [0.25, 0.3) is 0 Å². The molecule has 17 heavy (non-hydrogen) atoms. The van der Waals surface area contributed by atoms with E-state index in [0.717, 1.165) is 31.4 Å². The Kier molecular flexibility index (Phi) is 2.29. The van der Waals surface area contributed by atoms with Gasteiger partial charge in [0, 0.05) is 6.42 Å². The molecule has 2 aliphatic carbocycles. The van der Waals surface area contributed by atoms with Gasteiger partial charge in [-0.15, -0.1) is 0 Å². The zero-order valence-corrected chi connectivity index (χ0v) is 10.5. The minimum absolute atomic E-state index is 0.158. The van der Waals surface area contributed by atoms with Crippen LogP contribution in [0.5, 0.6) is 5.75 Å². The van der Waals surface area contributed by atoms with Gasteiger partial charge < -0.3 is 4.74 Å². The molecule has 0 fully saturated rings. The second-order valence-corrected chi connectivity index (χ2v) is 5.21. The van der Waals surface area contributed by atoms with Crippen LogP contribution in [0.25, 0.3) is 0 Å². The predicted octanol–water partition coefficient (Wildman–Crippen LogP) is 2.80. The monoisotopic (exact) mass is 230 g/mol. The molecule has 2 nitrogen and oxygen atoms in total. The maximum atomic E-state index is 12.4. The molecule has 0 bridgehead atoms. The highest BCUT2D eigenvalue weighted by Crippen LogP contribution is 2.48. The molecular weight excluding hydrogens is 212 g/mol. The van der Waals surface area contributed by atoms with Gasteiger partial charge in [0.2, 0.25) is 0 Å². The van der Waals surface area contributed by atoms with E-state index in [2.05, 4.69) is 19.1 Å². The van der Waals surface area contributed by atoms with Crippen LogP contribution in [-0.2, 0) is 23.1 Å². The average molecular weight is 230 g/mol. The number of hydrogen-bond donors (Lipinski definition) is 0. The van der Waals surface area contributed by atoms with Crippen molar-refractivity contribution >= 4 is 5.78 Å². The summed E-state index contributed by atoms with van der Waals surface area (Å²) < 4.78 is 5.33. The summed E-state index contributed by atoms with van der Waals surface area (Å²) in [6, 6.07) is 4.18. The number of ether oxygens (including phenoxy) is 1. The zero-order valence-electron chi connectivity index (χ0n) is 10.5. The average Bonchev–Trinajstić information content (AvgIpc) is 2.64. The first-order valence-electron chi connectivity index (χ1n) is 6.45. The highest BCUT2D eigenvalue weighted by atomic mass is 16.5. The Morgan fingerprint density at radius 2 is 2.12 bits per heavy atom. The molecule has 1 atom stereocenters. The standard InChI is InChI=1S/C15H18O2/c1-3-15-6-4-5-10-7-12(17-2)8-11(14(10)15)9-13(15)16/h7-8H,3-6,9H2,1-2H3. The molecule has 0 spiro atoms. The number of ketones is 1. The highest BCUT2D eigenvalue weighted by Gasteiger charge is 2.47. The molecule has 1 aromatic carbocycles. The molecule has 0 heterocycles. The number of benzene rings is 1. The minimum Gasteiger partial charge on any atom is -0.497 e. The molecule has 0 saturated carbocycles. The van der Waals surface area contributed by atoms with Crippen molar-refractivity contribution < 1.29 is 9.53 Å². The van der Waals surface area contributed by atoms with Gasteiger partial charge in [-0.2, -0.15) is 0 Å². The number of methoxy groups -OCH3 is 1. The molecule has 90 valence electrons. The van der Waals surface area contributed by atoms with Crippen LogP contribution in [-0.4, -0.2) is 12.9 Å². The Hall–Kier alpha value is -1.31. The zero-order chi connectivity index (χ0) is 12.0. The Morgan fingerprint density at radius 1 is 1.35 bits per heavy atom. The van der Waals surface area contributed by atoms with Gasteiger partial charge in [-0.05, 0) is 54.5 Å². The molecule has 1 unspecified atom stereocenters. The highest BCUT2D eigenvalue weighted by molar-refractivity contribution is 5.97. The van der Waals surface area contributed by atoms with Crippen molar-refractivity contribution in [3.8, 4) is 5.75 Å². The normalized spacial score (nSPS) is 25.9. The lowest BCUT2D eigenvalue weighted by Gasteiger charge is -2.33. The first kappa shape index (κ1) is 10.8. The van der Waals surface area contributed by atoms with Crippen LogP contribution < -0.4 is 4.74 Å². The summed E-state index contributed by atoms with van der Waals surface area (Å²) in [7, 11) is 1.70. The van der Waals surface area contributed by atoms with Gasteiger partial charge in [0.1, 0.15) is 11.5 Å². The van der Waals surface area contributed by atoms with Gasteiger partial charge in [0.15, 0.2) is 0 Å². The molecule has 2 aliphatic rings. The second-order valence-electron chi connectivity index (χ2n) is 5.21. The van der Waals surface area contributed by atoms with Crippen molar-refractivity contribution in [2.75, 3.05) is 7.11 Å². The third kappa shape index (κ3) is 1.30. The molecular formula is C15H18O2. The Bertz CT molecular complexity index is 490. The number of aryl methyl sites for hydroxylation is 1. The number of hydrogen-bond acceptors (Lipinski definition) is 2. The van der Waals surface area contributed by atoms with E-state index in [1.54, 1.807) is 7.11 Å². The summed E-state index contributed by atoms with van der Waals surface area (Å²) in [6.07, 6.45) is 4.80. The van der Waals surface area contributed by atoms with Crippen LogP contribution in [0.1, 0.15) is 42.9 Å². The number of Topliss-reactive ketones (excluding diaryl/α,β-unsaturated/α-hetero) is 1. The fraction of sp³-hybridized carbons (Fsp3) is 0.533. The van der Waals surface area contributed by atoms with Gasteiger partial charge >= 0.3 is 0 Å². The largest absolute Gasteiger partial charge is 0.497 e.